The van der Waals surface area contributed by atoms with Crippen LogP contribution in [0.4, 0.5) is 0 Å². The van der Waals surface area contributed by atoms with Crippen molar-refractivity contribution in [2.75, 3.05) is 12.4 Å². The first-order valence-corrected chi connectivity index (χ1v) is 7.97. The number of nitrogens with one attached hydrogen (secondary N) is 1. The highest BCUT2D eigenvalue weighted by atomic mass is 79.9. The average Bonchev–Trinajstić information content (AvgIpc) is 2.43. The van der Waals surface area contributed by atoms with Crippen molar-refractivity contribution in [1.82, 2.24) is 5.32 Å². The molecule has 0 heterocycles. The van der Waals surface area contributed by atoms with Gasteiger partial charge in [-0.2, -0.15) is 0 Å². The number of halogens is 3. The summed E-state index contributed by atoms with van der Waals surface area (Å²) in [7, 11) is 0. The number of carbonyl (C=O) groups is 1. The van der Waals surface area contributed by atoms with Gasteiger partial charge in [0.25, 0.3) is 5.91 Å². The van der Waals surface area contributed by atoms with Crippen LogP contribution in [-0.2, 0) is 0 Å². The van der Waals surface area contributed by atoms with Crippen molar-refractivity contribution >= 4 is 45.0 Å². The van der Waals surface area contributed by atoms with E-state index in [0.29, 0.717) is 23.0 Å². The molecule has 0 saturated heterocycles. The van der Waals surface area contributed by atoms with E-state index in [2.05, 4.69) is 35.1 Å². The van der Waals surface area contributed by atoms with Crippen LogP contribution in [-0.4, -0.2) is 18.3 Å². The minimum absolute atomic E-state index is 0.0314. The Morgan fingerprint density at radius 3 is 2.47 bits per heavy atom. The summed E-state index contributed by atoms with van der Waals surface area (Å²) in [5, 5.41) is 3.47. The van der Waals surface area contributed by atoms with Crippen molar-refractivity contribution in [2.24, 2.45) is 5.41 Å². The standard InChI is InChI=1S/C14H18BrCl2NO/c1-3-14(4-2,8-16)9-18-13(19)10-5-6-11(15)12(17)7-10/h5-7H,3-4,8-9H2,1-2H3,(H,18,19). The Hall–Kier alpha value is -0.250. The first-order chi connectivity index (χ1) is 8.98. The molecule has 0 bridgehead atoms. The van der Waals surface area contributed by atoms with Crippen LogP contribution in [0, 0.1) is 5.41 Å². The molecule has 0 aliphatic carbocycles. The molecule has 0 aromatic heterocycles. The lowest BCUT2D eigenvalue weighted by atomic mass is 9.84. The van der Waals surface area contributed by atoms with Gasteiger partial charge >= 0.3 is 0 Å². The summed E-state index contributed by atoms with van der Waals surface area (Å²) < 4.78 is 0.780. The number of amides is 1. The van der Waals surface area contributed by atoms with E-state index < -0.39 is 0 Å². The molecule has 1 aromatic rings. The highest BCUT2D eigenvalue weighted by Gasteiger charge is 2.25. The number of rotatable bonds is 6. The third-order valence-electron chi connectivity index (χ3n) is 3.59. The maximum absolute atomic E-state index is 12.1. The fourth-order valence-electron chi connectivity index (χ4n) is 1.74. The van der Waals surface area contributed by atoms with Crippen molar-refractivity contribution in [3.63, 3.8) is 0 Å². The number of hydrogen-bond acceptors (Lipinski definition) is 1. The van der Waals surface area contributed by atoms with Gasteiger partial charge in [-0.15, -0.1) is 11.6 Å². The molecule has 2 nitrogen and oxygen atoms in total. The predicted molar refractivity (Wildman–Crippen MR) is 85.2 cm³/mol. The van der Waals surface area contributed by atoms with Crippen molar-refractivity contribution in [1.29, 1.82) is 0 Å². The van der Waals surface area contributed by atoms with Crippen LogP contribution in [0.3, 0.4) is 0 Å². The molecule has 0 aliphatic heterocycles. The maximum atomic E-state index is 12.1. The maximum Gasteiger partial charge on any atom is 0.251 e. The number of carbonyl (C=O) groups excluding carboxylic acids is 1. The zero-order chi connectivity index (χ0) is 14.5. The monoisotopic (exact) mass is 365 g/mol. The number of alkyl halides is 1. The Morgan fingerprint density at radius 1 is 1.37 bits per heavy atom. The summed E-state index contributed by atoms with van der Waals surface area (Å²) >= 11 is 15.3. The quantitative estimate of drug-likeness (QED) is 0.714. The third kappa shape index (κ3) is 4.37. The SMILES string of the molecule is CCC(CC)(CCl)CNC(=O)c1ccc(Br)c(Cl)c1. The molecule has 1 amide bonds. The summed E-state index contributed by atoms with van der Waals surface area (Å²) in [6.45, 7) is 4.76. The van der Waals surface area contributed by atoms with Gasteiger partial charge in [0.15, 0.2) is 0 Å². The van der Waals surface area contributed by atoms with Gasteiger partial charge in [-0.3, -0.25) is 4.79 Å². The highest BCUT2D eigenvalue weighted by molar-refractivity contribution is 9.10. The second-order valence-corrected chi connectivity index (χ2v) is 6.18. The lowest BCUT2D eigenvalue weighted by Crippen LogP contribution is -2.38. The summed E-state index contributed by atoms with van der Waals surface area (Å²) in [4.78, 5) is 12.1. The zero-order valence-electron chi connectivity index (χ0n) is 11.1. The van der Waals surface area contributed by atoms with E-state index in [4.69, 9.17) is 23.2 Å². The Labute approximate surface area is 133 Å². The van der Waals surface area contributed by atoms with Gasteiger partial charge in [-0.05, 0) is 47.0 Å². The van der Waals surface area contributed by atoms with E-state index >= 15 is 0 Å². The highest BCUT2D eigenvalue weighted by Crippen LogP contribution is 2.27. The fraction of sp³-hybridized carbons (Fsp3) is 0.500. The molecule has 0 radical (unpaired) electrons. The molecule has 0 saturated carbocycles. The molecule has 1 aromatic carbocycles. The molecule has 19 heavy (non-hydrogen) atoms. The summed E-state index contributed by atoms with van der Waals surface area (Å²) in [5.41, 5.74) is 0.528. The van der Waals surface area contributed by atoms with Crippen molar-refractivity contribution in [3.8, 4) is 0 Å². The molecule has 1 rings (SSSR count). The van der Waals surface area contributed by atoms with Crippen LogP contribution in [0.25, 0.3) is 0 Å². The first kappa shape index (κ1) is 16.8. The fourth-order valence-corrected chi connectivity index (χ4v) is 2.64. The first-order valence-electron chi connectivity index (χ1n) is 6.27. The number of benzene rings is 1. The third-order valence-corrected chi connectivity index (χ3v) is 5.39. The normalized spacial score (nSPS) is 11.4. The van der Waals surface area contributed by atoms with Crippen LogP contribution in [0.1, 0.15) is 37.0 Å². The van der Waals surface area contributed by atoms with Crippen LogP contribution in [0.5, 0.6) is 0 Å². The number of hydrogen-bond donors (Lipinski definition) is 1. The summed E-state index contributed by atoms with van der Waals surface area (Å²) in [6.07, 6.45) is 1.88. The van der Waals surface area contributed by atoms with E-state index in [0.717, 1.165) is 17.3 Å². The summed E-state index contributed by atoms with van der Waals surface area (Å²) in [5.74, 6) is 0.423. The predicted octanol–water partition coefficient (Wildman–Crippen LogP) is 4.88. The molecule has 0 fully saturated rings. The second-order valence-electron chi connectivity index (χ2n) is 4.65. The average molecular weight is 367 g/mol. The molecular formula is C14H18BrCl2NO. The molecule has 0 aliphatic rings. The molecular weight excluding hydrogens is 349 g/mol. The molecule has 1 N–H and O–H groups in total. The van der Waals surface area contributed by atoms with E-state index in [1.807, 2.05) is 0 Å². The largest absolute Gasteiger partial charge is 0.351 e. The van der Waals surface area contributed by atoms with Gasteiger partial charge in [0.2, 0.25) is 0 Å². The second kappa shape index (κ2) is 7.51. The van der Waals surface area contributed by atoms with Crippen LogP contribution < -0.4 is 5.32 Å². The van der Waals surface area contributed by atoms with Gasteiger partial charge in [0, 0.05) is 27.9 Å². The van der Waals surface area contributed by atoms with E-state index in [1.165, 1.54) is 0 Å². The van der Waals surface area contributed by atoms with E-state index in [-0.39, 0.29) is 11.3 Å². The molecule has 5 heteroatoms. The summed E-state index contributed by atoms with van der Waals surface area (Å²) in [6, 6.07) is 5.17. The minimum atomic E-state index is -0.120. The molecule has 106 valence electrons. The van der Waals surface area contributed by atoms with Gasteiger partial charge < -0.3 is 5.32 Å². The lowest BCUT2D eigenvalue weighted by Gasteiger charge is -2.29. The Morgan fingerprint density at radius 2 is 2.00 bits per heavy atom. The molecule has 0 atom stereocenters. The molecule has 0 spiro atoms. The Kier molecular flexibility index (Phi) is 6.64. The van der Waals surface area contributed by atoms with Crippen molar-refractivity contribution in [3.05, 3.63) is 33.3 Å². The van der Waals surface area contributed by atoms with Crippen molar-refractivity contribution in [2.45, 2.75) is 26.7 Å². The van der Waals surface area contributed by atoms with Gasteiger partial charge in [0.1, 0.15) is 0 Å². The lowest BCUT2D eigenvalue weighted by molar-refractivity contribution is 0.0932. The van der Waals surface area contributed by atoms with E-state index in [1.54, 1.807) is 18.2 Å². The van der Waals surface area contributed by atoms with Gasteiger partial charge in [0.05, 0.1) is 5.02 Å². The van der Waals surface area contributed by atoms with Crippen LogP contribution in [0.15, 0.2) is 22.7 Å². The minimum Gasteiger partial charge on any atom is -0.351 e. The van der Waals surface area contributed by atoms with E-state index in [9.17, 15) is 4.79 Å². The van der Waals surface area contributed by atoms with Gasteiger partial charge in [-0.1, -0.05) is 25.4 Å². The topological polar surface area (TPSA) is 29.1 Å². The van der Waals surface area contributed by atoms with Crippen LogP contribution >= 0.6 is 39.1 Å². The van der Waals surface area contributed by atoms with Gasteiger partial charge in [-0.25, -0.2) is 0 Å². The van der Waals surface area contributed by atoms with Crippen LogP contribution in [0.2, 0.25) is 5.02 Å². The van der Waals surface area contributed by atoms with Crippen molar-refractivity contribution < 1.29 is 4.79 Å². The zero-order valence-corrected chi connectivity index (χ0v) is 14.2. The smallest absolute Gasteiger partial charge is 0.251 e. The Balaban J connectivity index is 2.72. The Bertz CT molecular complexity index is 439. The molecule has 0 unspecified atom stereocenters.